The molecule has 10 nitrogen and oxygen atoms in total. The van der Waals surface area contributed by atoms with Crippen LogP contribution in [0.1, 0.15) is 40.7 Å². The summed E-state index contributed by atoms with van der Waals surface area (Å²) in [6.45, 7) is 3.90. The van der Waals surface area contributed by atoms with Crippen molar-refractivity contribution in [1.82, 2.24) is 30.7 Å². The molecule has 1 amide bonds. The fraction of sp³-hybridized carbons (Fsp3) is 0.217. The summed E-state index contributed by atoms with van der Waals surface area (Å²) in [5, 5.41) is 19.8. The van der Waals surface area contributed by atoms with Gasteiger partial charge in [-0.05, 0) is 54.7 Å². The number of nitrogen functional groups attached to an aromatic ring is 1. The zero-order chi connectivity index (χ0) is 23.9. The second-order valence-corrected chi connectivity index (χ2v) is 8.69. The Labute approximate surface area is 200 Å². The van der Waals surface area contributed by atoms with Gasteiger partial charge in [-0.15, -0.1) is 16.9 Å². The van der Waals surface area contributed by atoms with Crippen molar-refractivity contribution < 1.29 is 9.42 Å². The van der Waals surface area contributed by atoms with E-state index in [2.05, 4.69) is 43.3 Å². The molecule has 0 aliphatic rings. The third kappa shape index (κ3) is 5.67. The number of carbonyl (C=O) groups excluding carboxylic acids is 1. The lowest BCUT2D eigenvalue weighted by Crippen LogP contribution is -2.21. The van der Waals surface area contributed by atoms with Gasteiger partial charge in [-0.3, -0.25) is 4.79 Å². The van der Waals surface area contributed by atoms with E-state index in [9.17, 15) is 4.79 Å². The predicted molar refractivity (Wildman–Crippen MR) is 130 cm³/mol. The SMILES string of the molecule is CC(CCc1ccccc1)=NNC(=O)c1nnn(-c2nonc2N)c1CSc1ccc(C)cc1. The van der Waals surface area contributed by atoms with Crippen LogP contribution in [0.5, 0.6) is 0 Å². The van der Waals surface area contributed by atoms with Gasteiger partial charge in [-0.1, -0.05) is 53.2 Å². The van der Waals surface area contributed by atoms with E-state index in [1.165, 1.54) is 22.0 Å². The van der Waals surface area contributed by atoms with Gasteiger partial charge < -0.3 is 5.73 Å². The maximum absolute atomic E-state index is 12.9. The third-order valence-corrected chi connectivity index (χ3v) is 6.06. The molecule has 0 fully saturated rings. The average molecular weight is 477 g/mol. The maximum Gasteiger partial charge on any atom is 0.293 e. The first-order valence-electron chi connectivity index (χ1n) is 10.6. The zero-order valence-corrected chi connectivity index (χ0v) is 19.6. The summed E-state index contributed by atoms with van der Waals surface area (Å²) in [7, 11) is 0. The molecule has 4 aromatic rings. The average Bonchev–Trinajstić information content (AvgIpc) is 3.47. The van der Waals surface area contributed by atoms with Crippen LogP contribution in [-0.4, -0.2) is 36.9 Å². The lowest BCUT2D eigenvalue weighted by molar-refractivity contribution is 0.0949. The molecule has 0 saturated heterocycles. The van der Waals surface area contributed by atoms with E-state index < -0.39 is 5.91 Å². The number of benzene rings is 2. The molecule has 34 heavy (non-hydrogen) atoms. The molecular formula is C23H24N8O2S. The smallest absolute Gasteiger partial charge is 0.293 e. The fourth-order valence-electron chi connectivity index (χ4n) is 3.13. The summed E-state index contributed by atoms with van der Waals surface area (Å²) in [4.78, 5) is 14.0. The van der Waals surface area contributed by atoms with Crippen molar-refractivity contribution in [1.29, 1.82) is 0 Å². The Hall–Kier alpha value is -3.99. The molecule has 0 atom stereocenters. The van der Waals surface area contributed by atoms with Crippen LogP contribution >= 0.6 is 11.8 Å². The number of nitrogens with two attached hydrogens (primary N) is 1. The third-order valence-electron chi connectivity index (χ3n) is 5.04. The summed E-state index contributed by atoms with van der Waals surface area (Å²) in [5.41, 5.74) is 12.2. The first-order chi connectivity index (χ1) is 16.5. The van der Waals surface area contributed by atoms with E-state index in [4.69, 9.17) is 10.4 Å². The van der Waals surface area contributed by atoms with Crippen LogP contribution in [-0.2, 0) is 12.2 Å². The Morgan fingerprint density at radius 1 is 1.15 bits per heavy atom. The molecule has 0 radical (unpaired) electrons. The van der Waals surface area contributed by atoms with Crippen molar-refractivity contribution in [3.8, 4) is 5.82 Å². The maximum atomic E-state index is 12.9. The molecule has 11 heteroatoms. The number of hydrazone groups is 1. The Kier molecular flexibility index (Phi) is 7.33. The normalized spacial score (nSPS) is 11.5. The van der Waals surface area contributed by atoms with Crippen LogP contribution < -0.4 is 11.2 Å². The molecule has 4 rings (SSSR count). The van der Waals surface area contributed by atoms with Crippen molar-refractivity contribution in [2.45, 2.75) is 37.3 Å². The van der Waals surface area contributed by atoms with Crippen LogP contribution in [0.15, 0.2) is 69.2 Å². The Morgan fingerprint density at radius 2 is 1.91 bits per heavy atom. The van der Waals surface area contributed by atoms with E-state index in [-0.39, 0.29) is 17.3 Å². The number of nitrogens with zero attached hydrogens (tertiary/aromatic N) is 6. The van der Waals surface area contributed by atoms with Gasteiger partial charge in [0, 0.05) is 16.4 Å². The summed E-state index contributed by atoms with van der Waals surface area (Å²) >= 11 is 1.53. The first kappa shape index (κ1) is 23.2. The highest BCUT2D eigenvalue weighted by Gasteiger charge is 2.24. The molecule has 0 saturated carbocycles. The molecule has 2 aromatic carbocycles. The molecule has 0 spiro atoms. The number of amides is 1. The number of anilines is 1. The minimum absolute atomic E-state index is 0.0493. The Bertz CT molecular complexity index is 1280. The Morgan fingerprint density at radius 3 is 2.62 bits per heavy atom. The molecule has 3 N–H and O–H groups in total. The van der Waals surface area contributed by atoms with E-state index in [1.54, 1.807) is 0 Å². The Balaban J connectivity index is 1.50. The van der Waals surface area contributed by atoms with E-state index in [0.717, 1.165) is 22.6 Å². The lowest BCUT2D eigenvalue weighted by Gasteiger charge is -2.06. The van der Waals surface area contributed by atoms with Crippen LogP contribution in [0, 0.1) is 6.92 Å². The highest BCUT2D eigenvalue weighted by Crippen LogP contribution is 2.26. The quantitative estimate of drug-likeness (QED) is 0.212. The minimum atomic E-state index is -0.472. The number of rotatable bonds is 9. The molecule has 174 valence electrons. The summed E-state index contributed by atoms with van der Waals surface area (Å²) in [6, 6.07) is 18.2. The monoisotopic (exact) mass is 476 g/mol. The number of nitrogens with one attached hydrogen (secondary N) is 1. The first-order valence-corrected chi connectivity index (χ1v) is 11.6. The van der Waals surface area contributed by atoms with Gasteiger partial charge >= 0.3 is 0 Å². The van der Waals surface area contributed by atoms with Crippen molar-refractivity contribution in [2.24, 2.45) is 5.10 Å². The van der Waals surface area contributed by atoms with Gasteiger partial charge in [-0.2, -0.15) is 9.78 Å². The lowest BCUT2D eigenvalue weighted by atomic mass is 10.1. The van der Waals surface area contributed by atoms with Gasteiger partial charge in [0.2, 0.25) is 11.6 Å². The van der Waals surface area contributed by atoms with Gasteiger partial charge in [-0.25, -0.2) is 10.1 Å². The second kappa shape index (κ2) is 10.8. The number of aryl methyl sites for hydroxylation is 2. The number of thioether (sulfide) groups is 1. The number of hydrogen-bond donors (Lipinski definition) is 2. The van der Waals surface area contributed by atoms with E-state index in [0.29, 0.717) is 17.9 Å². The van der Waals surface area contributed by atoms with E-state index in [1.807, 2.05) is 56.3 Å². The van der Waals surface area contributed by atoms with Gasteiger partial charge in [0.1, 0.15) is 0 Å². The highest BCUT2D eigenvalue weighted by molar-refractivity contribution is 7.98. The number of carbonyl (C=O) groups is 1. The molecule has 0 aliphatic carbocycles. The summed E-state index contributed by atoms with van der Waals surface area (Å²) < 4.78 is 6.07. The standard InChI is InChI=1S/C23H24N8O2S/c1-15-8-12-18(13-9-15)34-14-19-20(26-30-31(19)22-21(24)28-33-29-22)23(32)27-25-16(2)10-11-17-6-4-3-5-7-17/h3-9,12-13H,10-11,14H2,1-2H3,(H2,24,28)(H,27,32). The summed E-state index contributed by atoms with van der Waals surface area (Å²) in [5.74, 6) is 0.142. The van der Waals surface area contributed by atoms with Gasteiger partial charge in [0.25, 0.3) is 5.91 Å². The van der Waals surface area contributed by atoms with Crippen LogP contribution in [0.25, 0.3) is 5.82 Å². The van der Waals surface area contributed by atoms with Crippen LogP contribution in [0.2, 0.25) is 0 Å². The van der Waals surface area contributed by atoms with Crippen LogP contribution in [0.4, 0.5) is 5.82 Å². The topological polar surface area (TPSA) is 137 Å². The van der Waals surface area contributed by atoms with Crippen molar-refractivity contribution in [2.75, 3.05) is 5.73 Å². The van der Waals surface area contributed by atoms with Crippen molar-refractivity contribution in [3.63, 3.8) is 0 Å². The van der Waals surface area contributed by atoms with E-state index >= 15 is 0 Å². The number of aromatic nitrogens is 5. The van der Waals surface area contributed by atoms with Crippen molar-refractivity contribution >= 4 is 29.2 Å². The molecule has 2 heterocycles. The largest absolute Gasteiger partial charge is 0.378 e. The zero-order valence-electron chi connectivity index (χ0n) is 18.8. The number of hydrogen-bond acceptors (Lipinski definition) is 9. The van der Waals surface area contributed by atoms with Gasteiger partial charge in [0.05, 0.1) is 5.69 Å². The molecule has 0 bridgehead atoms. The predicted octanol–water partition coefficient (Wildman–Crippen LogP) is 3.57. The molecule has 0 unspecified atom stereocenters. The molecular weight excluding hydrogens is 452 g/mol. The second-order valence-electron chi connectivity index (χ2n) is 7.64. The van der Waals surface area contributed by atoms with Gasteiger partial charge in [0.15, 0.2) is 5.69 Å². The minimum Gasteiger partial charge on any atom is -0.378 e. The fourth-order valence-corrected chi connectivity index (χ4v) is 4.02. The van der Waals surface area contributed by atoms with Crippen LogP contribution in [0.3, 0.4) is 0 Å². The van der Waals surface area contributed by atoms with Crippen molar-refractivity contribution in [3.05, 3.63) is 77.1 Å². The summed E-state index contributed by atoms with van der Waals surface area (Å²) in [6.07, 6.45) is 1.55. The molecule has 0 aliphatic heterocycles. The molecule has 2 aromatic heterocycles. The highest BCUT2D eigenvalue weighted by atomic mass is 32.2.